The maximum Gasteiger partial charge on any atom is 0.0200 e. The van der Waals surface area contributed by atoms with Crippen LogP contribution in [0, 0.1) is 11.3 Å². The van der Waals surface area contributed by atoms with Crippen LogP contribution in [-0.2, 0) is 0 Å². The molecule has 2 heteroatoms. The van der Waals surface area contributed by atoms with E-state index in [4.69, 9.17) is 0 Å². The Morgan fingerprint density at radius 2 is 1.62 bits per heavy atom. The molecule has 1 spiro atoms. The highest BCUT2D eigenvalue weighted by Gasteiger charge is 2.38. The zero-order valence-electron chi connectivity index (χ0n) is 13.8. The predicted octanol–water partition coefficient (Wildman–Crippen LogP) is 3.95. The second-order valence-electron chi connectivity index (χ2n) is 8.61. The highest BCUT2D eigenvalue weighted by Crippen LogP contribution is 2.44. The maximum absolute atomic E-state index is 3.97. The summed E-state index contributed by atoms with van der Waals surface area (Å²) in [4.78, 5) is 2.79. The Morgan fingerprint density at radius 1 is 0.857 bits per heavy atom. The summed E-state index contributed by atoms with van der Waals surface area (Å²) in [7, 11) is 0. The van der Waals surface area contributed by atoms with Gasteiger partial charge in [0.05, 0.1) is 0 Å². The lowest BCUT2D eigenvalue weighted by molar-refractivity contribution is 0.0636. The van der Waals surface area contributed by atoms with Crippen LogP contribution in [0.25, 0.3) is 0 Å². The number of rotatable bonds is 2. The third-order valence-corrected chi connectivity index (χ3v) is 7.26. The number of nitrogens with zero attached hydrogens (tertiary/aromatic N) is 1. The second kappa shape index (κ2) is 6.20. The van der Waals surface area contributed by atoms with Crippen LogP contribution in [0.15, 0.2) is 0 Å². The van der Waals surface area contributed by atoms with Gasteiger partial charge in [-0.05, 0) is 69.4 Å². The Kier molecular flexibility index (Phi) is 4.28. The summed E-state index contributed by atoms with van der Waals surface area (Å²) in [6, 6.07) is 1.68. The van der Waals surface area contributed by atoms with Crippen LogP contribution in [0.2, 0.25) is 0 Å². The normalized spacial score (nSPS) is 40.3. The van der Waals surface area contributed by atoms with Crippen molar-refractivity contribution in [3.05, 3.63) is 0 Å². The summed E-state index contributed by atoms with van der Waals surface area (Å²) < 4.78 is 0. The van der Waals surface area contributed by atoms with Crippen LogP contribution in [0.3, 0.4) is 0 Å². The molecule has 2 nitrogen and oxygen atoms in total. The molecule has 0 amide bonds. The molecule has 0 aromatic carbocycles. The van der Waals surface area contributed by atoms with Crippen LogP contribution < -0.4 is 5.32 Å². The Labute approximate surface area is 131 Å². The smallest absolute Gasteiger partial charge is 0.0200 e. The zero-order valence-corrected chi connectivity index (χ0v) is 13.8. The minimum Gasteiger partial charge on any atom is -0.310 e. The lowest BCUT2D eigenvalue weighted by atomic mass is 9.68. The molecule has 2 aliphatic heterocycles. The molecule has 0 aromatic rings. The molecule has 1 N–H and O–H groups in total. The summed E-state index contributed by atoms with van der Waals surface area (Å²) in [5, 5.41) is 3.97. The number of hydrogen-bond acceptors (Lipinski definition) is 2. The van der Waals surface area contributed by atoms with Gasteiger partial charge in [0.1, 0.15) is 0 Å². The fraction of sp³-hybridized carbons (Fsp3) is 1.00. The largest absolute Gasteiger partial charge is 0.310 e. The van der Waals surface area contributed by atoms with Gasteiger partial charge in [-0.3, -0.25) is 0 Å². The first-order valence-electron chi connectivity index (χ1n) is 9.81. The van der Waals surface area contributed by atoms with E-state index in [0.29, 0.717) is 0 Å². The molecule has 4 fully saturated rings. The minimum absolute atomic E-state index is 0.770. The van der Waals surface area contributed by atoms with Crippen LogP contribution in [0.4, 0.5) is 0 Å². The molecule has 120 valence electrons. The Hall–Kier alpha value is -0.0800. The van der Waals surface area contributed by atoms with Gasteiger partial charge in [0.15, 0.2) is 0 Å². The van der Waals surface area contributed by atoms with Crippen molar-refractivity contribution in [2.24, 2.45) is 11.3 Å². The van der Waals surface area contributed by atoms with Gasteiger partial charge >= 0.3 is 0 Å². The van der Waals surface area contributed by atoms with Crippen molar-refractivity contribution in [1.29, 1.82) is 0 Å². The summed E-state index contributed by atoms with van der Waals surface area (Å²) in [6.45, 7) is 4.10. The first-order chi connectivity index (χ1) is 10.3. The number of hydrogen-bond donors (Lipinski definition) is 1. The predicted molar refractivity (Wildman–Crippen MR) is 88.5 cm³/mol. The summed E-state index contributed by atoms with van der Waals surface area (Å²) in [5.41, 5.74) is 0.770. The molecular formula is C19H34N2. The van der Waals surface area contributed by atoms with Crippen molar-refractivity contribution in [2.75, 3.05) is 19.6 Å². The van der Waals surface area contributed by atoms with E-state index < -0.39 is 0 Å². The van der Waals surface area contributed by atoms with Gasteiger partial charge in [-0.15, -0.1) is 0 Å². The van der Waals surface area contributed by atoms with Crippen molar-refractivity contribution in [3.63, 3.8) is 0 Å². The van der Waals surface area contributed by atoms with Crippen LogP contribution in [-0.4, -0.2) is 36.6 Å². The Balaban J connectivity index is 1.25. The van der Waals surface area contributed by atoms with Crippen LogP contribution >= 0.6 is 0 Å². The van der Waals surface area contributed by atoms with Gasteiger partial charge in [-0.2, -0.15) is 0 Å². The lowest BCUT2D eigenvalue weighted by Gasteiger charge is -2.45. The van der Waals surface area contributed by atoms with E-state index in [0.717, 1.165) is 23.4 Å². The third kappa shape index (κ3) is 3.17. The average Bonchev–Trinajstić information content (AvgIpc) is 2.93. The summed E-state index contributed by atoms with van der Waals surface area (Å²) in [6.07, 6.45) is 17.9. The van der Waals surface area contributed by atoms with E-state index >= 15 is 0 Å². The molecule has 2 saturated carbocycles. The molecule has 2 heterocycles. The van der Waals surface area contributed by atoms with Gasteiger partial charge in [0, 0.05) is 18.6 Å². The molecule has 4 aliphatic rings. The average molecular weight is 290 g/mol. The van der Waals surface area contributed by atoms with Gasteiger partial charge < -0.3 is 10.2 Å². The van der Waals surface area contributed by atoms with E-state index in [1.165, 1.54) is 96.7 Å². The molecule has 2 aliphatic carbocycles. The number of piperidine rings is 1. The molecule has 0 aromatic heterocycles. The van der Waals surface area contributed by atoms with E-state index in [1.54, 1.807) is 0 Å². The number of likely N-dealkylation sites (tertiary alicyclic amines) is 1. The third-order valence-electron chi connectivity index (χ3n) is 7.26. The van der Waals surface area contributed by atoms with E-state index in [9.17, 15) is 0 Å². The minimum atomic E-state index is 0.770. The first-order valence-corrected chi connectivity index (χ1v) is 9.81. The van der Waals surface area contributed by atoms with E-state index in [2.05, 4.69) is 10.2 Å². The number of nitrogens with one attached hydrogen (secondary N) is 1. The highest BCUT2D eigenvalue weighted by atomic mass is 15.2. The van der Waals surface area contributed by atoms with Crippen molar-refractivity contribution in [3.8, 4) is 0 Å². The van der Waals surface area contributed by atoms with Gasteiger partial charge in [-0.25, -0.2) is 0 Å². The van der Waals surface area contributed by atoms with Crippen molar-refractivity contribution >= 4 is 0 Å². The van der Waals surface area contributed by atoms with Crippen molar-refractivity contribution < 1.29 is 0 Å². The Bertz CT molecular complexity index is 323. The van der Waals surface area contributed by atoms with Gasteiger partial charge in [-0.1, -0.05) is 32.1 Å². The Morgan fingerprint density at radius 3 is 2.38 bits per heavy atom. The maximum atomic E-state index is 3.97. The quantitative estimate of drug-likeness (QED) is 0.828. The standard InChI is InChI=1S/C19H34N2/c1-4-8-19(9-5-1)10-12-21(13-11-19)15-17-14-16-6-2-3-7-18(16)20-17/h16-18,20H,1-15H2. The molecule has 21 heavy (non-hydrogen) atoms. The molecular weight excluding hydrogens is 256 g/mol. The van der Waals surface area contributed by atoms with Gasteiger partial charge in [0.25, 0.3) is 0 Å². The SMILES string of the molecule is C1CCC2(CC1)CCN(CC1CC3CCCCC3N1)CC2. The topological polar surface area (TPSA) is 15.3 Å². The van der Waals surface area contributed by atoms with Crippen LogP contribution in [0.5, 0.6) is 0 Å². The first kappa shape index (κ1) is 14.5. The second-order valence-corrected chi connectivity index (χ2v) is 8.61. The highest BCUT2D eigenvalue weighted by molar-refractivity contribution is 4.95. The molecule has 2 saturated heterocycles. The summed E-state index contributed by atoms with van der Waals surface area (Å²) in [5.74, 6) is 1.01. The van der Waals surface area contributed by atoms with Crippen LogP contribution in [0.1, 0.15) is 77.0 Å². The van der Waals surface area contributed by atoms with Crippen molar-refractivity contribution in [1.82, 2.24) is 10.2 Å². The zero-order chi connectivity index (χ0) is 14.1. The monoisotopic (exact) mass is 290 g/mol. The van der Waals surface area contributed by atoms with Gasteiger partial charge in [0.2, 0.25) is 0 Å². The summed E-state index contributed by atoms with van der Waals surface area (Å²) >= 11 is 0. The van der Waals surface area contributed by atoms with E-state index in [1.807, 2.05) is 0 Å². The molecule has 0 bridgehead atoms. The molecule has 0 radical (unpaired) electrons. The van der Waals surface area contributed by atoms with E-state index in [-0.39, 0.29) is 0 Å². The lowest BCUT2D eigenvalue weighted by Crippen LogP contribution is -2.46. The fourth-order valence-corrected chi connectivity index (χ4v) is 5.90. The molecule has 3 unspecified atom stereocenters. The van der Waals surface area contributed by atoms with Crippen molar-refractivity contribution in [2.45, 2.75) is 89.1 Å². The fourth-order valence-electron chi connectivity index (χ4n) is 5.90. The number of fused-ring (bicyclic) bond motifs is 1. The molecule has 3 atom stereocenters. The molecule has 4 rings (SSSR count).